The smallest absolute Gasteiger partial charge is 0.243 e. The Labute approximate surface area is 186 Å². The molecule has 8 heteroatoms. The zero-order valence-electron chi connectivity index (χ0n) is 18.7. The van der Waals surface area contributed by atoms with Crippen LogP contribution in [0.5, 0.6) is 0 Å². The van der Waals surface area contributed by atoms with Crippen molar-refractivity contribution in [2.75, 3.05) is 51.1 Å². The Morgan fingerprint density at radius 1 is 1.00 bits per heavy atom. The molecule has 3 heterocycles. The van der Waals surface area contributed by atoms with Crippen LogP contribution in [0.25, 0.3) is 0 Å². The Balaban J connectivity index is 1.40. The molecule has 0 aromatic heterocycles. The fourth-order valence-corrected chi connectivity index (χ4v) is 6.64. The SMILES string of the molecule is Cc1ccc(S(=O)(=O)N2CCCCC2)cc1NC(=O)CN1CCCC1CN1CCCC1. The first kappa shape index (κ1) is 22.7. The maximum absolute atomic E-state index is 13.0. The van der Waals surface area contributed by atoms with Gasteiger partial charge in [-0.2, -0.15) is 4.31 Å². The van der Waals surface area contributed by atoms with Gasteiger partial charge in [-0.3, -0.25) is 9.69 Å². The zero-order valence-corrected chi connectivity index (χ0v) is 19.5. The molecule has 0 radical (unpaired) electrons. The lowest BCUT2D eigenvalue weighted by molar-refractivity contribution is -0.117. The maximum Gasteiger partial charge on any atom is 0.243 e. The number of nitrogens with one attached hydrogen (secondary N) is 1. The third-order valence-electron chi connectivity index (χ3n) is 6.95. The molecule has 172 valence electrons. The topological polar surface area (TPSA) is 73.0 Å². The van der Waals surface area contributed by atoms with E-state index < -0.39 is 10.0 Å². The molecule has 0 spiro atoms. The number of rotatable bonds is 7. The number of aryl methyl sites for hydroxylation is 1. The van der Waals surface area contributed by atoms with Gasteiger partial charge in [0, 0.05) is 31.4 Å². The zero-order chi connectivity index (χ0) is 21.8. The monoisotopic (exact) mass is 448 g/mol. The van der Waals surface area contributed by atoms with Gasteiger partial charge in [-0.05, 0) is 82.8 Å². The number of likely N-dealkylation sites (tertiary alicyclic amines) is 2. The molecule has 1 aromatic rings. The minimum absolute atomic E-state index is 0.0658. The van der Waals surface area contributed by atoms with Gasteiger partial charge < -0.3 is 10.2 Å². The number of amides is 1. The van der Waals surface area contributed by atoms with Crippen molar-refractivity contribution < 1.29 is 13.2 Å². The summed E-state index contributed by atoms with van der Waals surface area (Å²) in [6.45, 7) is 7.77. The fourth-order valence-electron chi connectivity index (χ4n) is 5.10. The summed E-state index contributed by atoms with van der Waals surface area (Å²) in [5.41, 5.74) is 1.47. The third-order valence-corrected chi connectivity index (χ3v) is 8.84. The summed E-state index contributed by atoms with van der Waals surface area (Å²) in [7, 11) is -3.52. The highest BCUT2D eigenvalue weighted by molar-refractivity contribution is 7.89. The van der Waals surface area contributed by atoms with E-state index in [0.717, 1.165) is 50.8 Å². The summed E-state index contributed by atoms with van der Waals surface area (Å²) in [6.07, 6.45) is 7.73. The average Bonchev–Trinajstić information content (AvgIpc) is 3.43. The Hall–Kier alpha value is -1.48. The predicted molar refractivity (Wildman–Crippen MR) is 123 cm³/mol. The summed E-state index contributed by atoms with van der Waals surface area (Å²) in [4.78, 5) is 17.9. The Bertz CT molecular complexity index is 877. The molecule has 3 aliphatic heterocycles. The lowest BCUT2D eigenvalue weighted by Crippen LogP contribution is -2.42. The number of hydrogen-bond acceptors (Lipinski definition) is 5. The van der Waals surface area contributed by atoms with Crippen molar-refractivity contribution in [1.82, 2.24) is 14.1 Å². The van der Waals surface area contributed by atoms with Gasteiger partial charge in [-0.25, -0.2) is 8.42 Å². The summed E-state index contributed by atoms with van der Waals surface area (Å²) in [6, 6.07) is 5.51. The quantitative estimate of drug-likeness (QED) is 0.694. The molecule has 1 atom stereocenters. The molecule has 1 N–H and O–H groups in total. The second kappa shape index (κ2) is 9.98. The molecule has 3 fully saturated rings. The van der Waals surface area contributed by atoms with Crippen LogP contribution < -0.4 is 5.32 Å². The van der Waals surface area contributed by atoms with Gasteiger partial charge in [-0.1, -0.05) is 12.5 Å². The average molecular weight is 449 g/mol. The van der Waals surface area contributed by atoms with Crippen LogP contribution in [0.4, 0.5) is 5.69 Å². The van der Waals surface area contributed by atoms with Crippen molar-refractivity contribution >= 4 is 21.6 Å². The van der Waals surface area contributed by atoms with E-state index in [9.17, 15) is 13.2 Å². The standard InChI is InChI=1S/C23H36N4O3S/c1-19-9-10-21(31(29,30)27-14-3-2-4-15-27)16-22(19)24-23(28)18-26-13-7-8-20(26)17-25-11-5-6-12-25/h9-10,16,20H,2-8,11-15,17-18H2,1H3,(H,24,28). The molecular weight excluding hydrogens is 412 g/mol. The van der Waals surface area contributed by atoms with E-state index in [2.05, 4.69) is 15.1 Å². The molecule has 1 unspecified atom stereocenters. The number of hydrogen-bond donors (Lipinski definition) is 1. The van der Waals surface area contributed by atoms with Crippen LogP contribution in [0.2, 0.25) is 0 Å². The molecule has 3 aliphatic rings. The number of piperidine rings is 1. The Kier molecular flexibility index (Phi) is 7.31. The predicted octanol–water partition coefficient (Wildman–Crippen LogP) is 2.67. The van der Waals surface area contributed by atoms with Crippen LogP contribution in [0.1, 0.15) is 50.5 Å². The number of benzene rings is 1. The van der Waals surface area contributed by atoms with Gasteiger partial charge in [0.15, 0.2) is 0 Å². The molecule has 7 nitrogen and oxygen atoms in total. The van der Waals surface area contributed by atoms with Gasteiger partial charge in [-0.15, -0.1) is 0 Å². The normalized spacial score (nSPS) is 24.0. The summed E-state index contributed by atoms with van der Waals surface area (Å²) in [5, 5.41) is 2.99. The number of carbonyl (C=O) groups is 1. The van der Waals surface area contributed by atoms with Gasteiger partial charge in [0.25, 0.3) is 0 Å². The highest BCUT2D eigenvalue weighted by Gasteiger charge is 2.29. The fraction of sp³-hybridized carbons (Fsp3) is 0.696. The van der Waals surface area contributed by atoms with Crippen LogP contribution in [-0.4, -0.2) is 80.3 Å². The van der Waals surface area contributed by atoms with Gasteiger partial charge in [0.1, 0.15) is 0 Å². The molecule has 31 heavy (non-hydrogen) atoms. The van der Waals surface area contributed by atoms with Gasteiger partial charge in [0.05, 0.1) is 11.4 Å². The van der Waals surface area contributed by atoms with E-state index in [1.54, 1.807) is 22.5 Å². The highest BCUT2D eigenvalue weighted by Crippen LogP contribution is 2.26. The van der Waals surface area contributed by atoms with Crippen molar-refractivity contribution in [3.05, 3.63) is 23.8 Å². The number of nitrogens with zero attached hydrogens (tertiary/aromatic N) is 3. The van der Waals surface area contributed by atoms with Crippen molar-refractivity contribution in [1.29, 1.82) is 0 Å². The molecule has 1 aromatic carbocycles. The van der Waals surface area contributed by atoms with Crippen LogP contribution >= 0.6 is 0 Å². The van der Waals surface area contributed by atoms with E-state index in [0.29, 0.717) is 31.4 Å². The third kappa shape index (κ3) is 5.48. The Morgan fingerprint density at radius 2 is 1.71 bits per heavy atom. The highest BCUT2D eigenvalue weighted by atomic mass is 32.2. The van der Waals surface area contributed by atoms with E-state index >= 15 is 0 Å². The molecule has 3 saturated heterocycles. The largest absolute Gasteiger partial charge is 0.325 e. The molecule has 1 amide bonds. The van der Waals surface area contributed by atoms with E-state index in [1.807, 2.05) is 6.92 Å². The van der Waals surface area contributed by atoms with E-state index in [4.69, 9.17) is 0 Å². The summed E-state index contributed by atoms with van der Waals surface area (Å²) in [5.74, 6) is -0.0658. The van der Waals surface area contributed by atoms with Crippen LogP contribution in [0.3, 0.4) is 0 Å². The van der Waals surface area contributed by atoms with Crippen molar-refractivity contribution in [2.24, 2.45) is 0 Å². The van der Waals surface area contributed by atoms with Gasteiger partial charge >= 0.3 is 0 Å². The van der Waals surface area contributed by atoms with Crippen LogP contribution in [-0.2, 0) is 14.8 Å². The van der Waals surface area contributed by atoms with Crippen LogP contribution in [0.15, 0.2) is 23.1 Å². The lowest BCUT2D eigenvalue weighted by Gasteiger charge is -2.28. The summed E-state index contributed by atoms with van der Waals surface area (Å²) >= 11 is 0. The molecule has 0 aliphatic carbocycles. The van der Waals surface area contributed by atoms with Crippen molar-refractivity contribution in [3.63, 3.8) is 0 Å². The second-order valence-corrected chi connectivity index (χ2v) is 11.2. The second-order valence-electron chi connectivity index (χ2n) is 9.26. The number of sulfonamides is 1. The maximum atomic E-state index is 13.0. The van der Waals surface area contributed by atoms with Crippen molar-refractivity contribution in [3.8, 4) is 0 Å². The molecular formula is C23H36N4O3S. The van der Waals surface area contributed by atoms with Gasteiger partial charge in [0.2, 0.25) is 15.9 Å². The summed E-state index contributed by atoms with van der Waals surface area (Å²) < 4.78 is 27.6. The van der Waals surface area contributed by atoms with Crippen LogP contribution in [0, 0.1) is 6.92 Å². The van der Waals surface area contributed by atoms with Crippen molar-refractivity contribution in [2.45, 2.75) is 62.8 Å². The first-order chi connectivity index (χ1) is 14.9. The molecule has 0 bridgehead atoms. The molecule has 0 saturated carbocycles. The first-order valence-corrected chi connectivity index (χ1v) is 13.2. The Morgan fingerprint density at radius 3 is 2.45 bits per heavy atom. The van der Waals surface area contributed by atoms with E-state index in [1.165, 1.54) is 25.9 Å². The number of anilines is 1. The minimum Gasteiger partial charge on any atom is -0.325 e. The minimum atomic E-state index is -3.52. The lowest BCUT2D eigenvalue weighted by atomic mass is 10.2. The first-order valence-electron chi connectivity index (χ1n) is 11.8. The number of carbonyl (C=O) groups excluding carboxylic acids is 1. The van der Waals surface area contributed by atoms with E-state index in [-0.39, 0.29) is 10.8 Å². The molecule has 4 rings (SSSR count).